The second-order valence-corrected chi connectivity index (χ2v) is 3.71. The van der Waals surface area contributed by atoms with Gasteiger partial charge in [-0.2, -0.15) is 0 Å². The summed E-state index contributed by atoms with van der Waals surface area (Å²) in [5.41, 5.74) is 1.20. The summed E-state index contributed by atoms with van der Waals surface area (Å²) in [6, 6.07) is 11.2. The van der Waals surface area contributed by atoms with E-state index in [0.717, 1.165) is 5.69 Å². The number of rotatable bonds is 3. The molecule has 0 bridgehead atoms. The van der Waals surface area contributed by atoms with E-state index < -0.39 is 0 Å². The maximum Gasteiger partial charge on any atom is 0.280 e. The molecular weight excluding hydrogens is 216 g/mol. The Labute approximate surface area is 99.8 Å². The van der Waals surface area contributed by atoms with Gasteiger partial charge in [0.2, 0.25) is 0 Å². The molecule has 0 N–H and O–H groups in total. The highest BCUT2D eigenvalue weighted by Crippen LogP contribution is 2.16. The quantitative estimate of drug-likeness (QED) is 0.814. The third-order valence-electron chi connectivity index (χ3n) is 2.48. The Morgan fingerprint density at radius 3 is 2.59 bits per heavy atom. The normalized spacial score (nSPS) is 10.2. The van der Waals surface area contributed by atoms with E-state index >= 15 is 0 Å². The zero-order chi connectivity index (χ0) is 12.3. The van der Waals surface area contributed by atoms with Gasteiger partial charge in [0.05, 0.1) is 0 Å². The minimum Gasteiger partial charge on any atom is -0.361 e. The predicted octanol–water partition coefficient (Wildman–Crippen LogP) is 2.65. The lowest BCUT2D eigenvalue weighted by atomic mass is 10.2. The second-order valence-electron chi connectivity index (χ2n) is 3.71. The van der Waals surface area contributed by atoms with Gasteiger partial charge in [-0.15, -0.1) is 0 Å². The lowest BCUT2D eigenvalue weighted by Crippen LogP contribution is -2.30. The highest BCUT2D eigenvalue weighted by Gasteiger charge is 2.19. The van der Waals surface area contributed by atoms with Crippen LogP contribution in [0.25, 0.3) is 0 Å². The Balaban J connectivity index is 2.28. The zero-order valence-corrected chi connectivity index (χ0v) is 9.88. The summed E-state index contributed by atoms with van der Waals surface area (Å²) in [6.45, 7) is 4.29. The molecule has 0 aliphatic rings. The van der Waals surface area contributed by atoms with Crippen LogP contribution in [0.15, 0.2) is 40.9 Å². The molecule has 0 saturated carbocycles. The minimum absolute atomic E-state index is 0.143. The molecule has 2 aromatic rings. The van der Waals surface area contributed by atoms with Crippen LogP contribution in [0, 0.1) is 6.92 Å². The molecule has 2 rings (SSSR count). The first-order valence-electron chi connectivity index (χ1n) is 5.52. The fourth-order valence-electron chi connectivity index (χ4n) is 1.66. The topological polar surface area (TPSA) is 46.3 Å². The first-order valence-corrected chi connectivity index (χ1v) is 5.52. The van der Waals surface area contributed by atoms with E-state index in [9.17, 15) is 4.79 Å². The van der Waals surface area contributed by atoms with Crippen LogP contribution in [0.5, 0.6) is 0 Å². The Morgan fingerprint density at radius 2 is 2.06 bits per heavy atom. The number of carbonyl (C=O) groups is 1. The number of aromatic nitrogens is 1. The van der Waals surface area contributed by atoms with Gasteiger partial charge in [0.15, 0.2) is 5.69 Å². The maximum atomic E-state index is 12.2. The maximum absolute atomic E-state index is 12.2. The van der Waals surface area contributed by atoms with Crippen molar-refractivity contribution in [3.05, 3.63) is 47.9 Å². The van der Waals surface area contributed by atoms with Crippen LogP contribution in [-0.2, 0) is 0 Å². The van der Waals surface area contributed by atoms with Gasteiger partial charge in [-0.05, 0) is 26.0 Å². The van der Waals surface area contributed by atoms with E-state index in [2.05, 4.69) is 5.16 Å². The molecule has 1 aromatic carbocycles. The van der Waals surface area contributed by atoms with Crippen molar-refractivity contribution in [3.8, 4) is 0 Å². The molecule has 0 spiro atoms. The summed E-state index contributed by atoms with van der Waals surface area (Å²) >= 11 is 0. The molecule has 0 radical (unpaired) electrons. The average Bonchev–Trinajstić information content (AvgIpc) is 2.78. The number of amides is 1. The molecule has 4 nitrogen and oxygen atoms in total. The van der Waals surface area contributed by atoms with Gasteiger partial charge in [-0.1, -0.05) is 23.4 Å². The Hall–Kier alpha value is -2.10. The number of hydrogen-bond acceptors (Lipinski definition) is 3. The molecule has 1 aromatic heterocycles. The van der Waals surface area contributed by atoms with Crippen molar-refractivity contribution >= 4 is 11.6 Å². The lowest BCUT2D eigenvalue weighted by Gasteiger charge is -2.19. The van der Waals surface area contributed by atoms with Crippen LogP contribution in [0.3, 0.4) is 0 Å². The minimum atomic E-state index is -0.143. The van der Waals surface area contributed by atoms with Gasteiger partial charge in [0.1, 0.15) is 5.76 Å². The van der Waals surface area contributed by atoms with Crippen LogP contribution in [-0.4, -0.2) is 17.6 Å². The van der Waals surface area contributed by atoms with E-state index in [1.165, 1.54) is 0 Å². The first kappa shape index (κ1) is 11.4. The molecule has 0 unspecified atom stereocenters. The zero-order valence-electron chi connectivity index (χ0n) is 9.88. The van der Waals surface area contributed by atoms with Gasteiger partial charge in [-0.25, -0.2) is 0 Å². The number of aryl methyl sites for hydroxylation is 1. The number of para-hydroxylation sites is 1. The molecule has 0 atom stereocenters. The summed E-state index contributed by atoms with van der Waals surface area (Å²) in [5, 5.41) is 3.74. The van der Waals surface area contributed by atoms with Crippen LogP contribution >= 0.6 is 0 Å². The molecule has 0 saturated heterocycles. The predicted molar refractivity (Wildman–Crippen MR) is 65.0 cm³/mol. The standard InChI is InChI=1S/C13H14N2O2/c1-3-15(11-7-5-4-6-8-11)13(16)12-9-10(2)17-14-12/h4-9H,3H2,1-2H3. The molecular formula is C13H14N2O2. The summed E-state index contributed by atoms with van der Waals surface area (Å²) in [5.74, 6) is 0.494. The molecule has 88 valence electrons. The fraction of sp³-hybridized carbons (Fsp3) is 0.231. The van der Waals surface area contributed by atoms with Gasteiger partial charge in [0.25, 0.3) is 5.91 Å². The SMILES string of the molecule is CCN(C(=O)c1cc(C)on1)c1ccccc1. The van der Waals surface area contributed by atoms with Crippen molar-refractivity contribution in [2.45, 2.75) is 13.8 Å². The number of nitrogens with zero attached hydrogens (tertiary/aromatic N) is 2. The third-order valence-corrected chi connectivity index (χ3v) is 2.48. The van der Waals surface area contributed by atoms with Crippen molar-refractivity contribution in [2.75, 3.05) is 11.4 Å². The third kappa shape index (κ3) is 2.36. The Morgan fingerprint density at radius 1 is 1.35 bits per heavy atom. The van der Waals surface area contributed by atoms with E-state index in [-0.39, 0.29) is 5.91 Å². The van der Waals surface area contributed by atoms with Crippen molar-refractivity contribution in [2.24, 2.45) is 0 Å². The fourth-order valence-corrected chi connectivity index (χ4v) is 1.66. The van der Waals surface area contributed by atoms with E-state index in [1.807, 2.05) is 37.3 Å². The Bertz CT molecular complexity index is 505. The van der Waals surface area contributed by atoms with E-state index in [0.29, 0.717) is 18.0 Å². The van der Waals surface area contributed by atoms with Crippen LogP contribution < -0.4 is 4.90 Å². The second kappa shape index (κ2) is 4.82. The summed E-state index contributed by atoms with van der Waals surface area (Å²) in [4.78, 5) is 13.9. The van der Waals surface area contributed by atoms with Gasteiger partial charge in [-0.3, -0.25) is 4.79 Å². The van der Waals surface area contributed by atoms with Crippen LogP contribution in [0.1, 0.15) is 23.2 Å². The summed E-state index contributed by atoms with van der Waals surface area (Å²) in [6.07, 6.45) is 0. The van der Waals surface area contributed by atoms with E-state index in [4.69, 9.17) is 4.52 Å². The van der Waals surface area contributed by atoms with Crippen molar-refractivity contribution in [1.82, 2.24) is 5.16 Å². The molecule has 4 heteroatoms. The number of carbonyl (C=O) groups excluding carboxylic acids is 1. The van der Waals surface area contributed by atoms with Gasteiger partial charge < -0.3 is 9.42 Å². The van der Waals surface area contributed by atoms with Gasteiger partial charge in [0, 0.05) is 18.3 Å². The molecule has 17 heavy (non-hydrogen) atoms. The van der Waals surface area contributed by atoms with Crippen molar-refractivity contribution < 1.29 is 9.32 Å². The molecule has 0 fully saturated rings. The first-order chi connectivity index (χ1) is 8.22. The number of anilines is 1. The molecule has 1 heterocycles. The van der Waals surface area contributed by atoms with Crippen molar-refractivity contribution in [3.63, 3.8) is 0 Å². The monoisotopic (exact) mass is 230 g/mol. The molecule has 0 aliphatic carbocycles. The largest absolute Gasteiger partial charge is 0.361 e. The summed E-state index contributed by atoms with van der Waals surface area (Å²) in [7, 11) is 0. The highest BCUT2D eigenvalue weighted by molar-refractivity contribution is 6.04. The lowest BCUT2D eigenvalue weighted by molar-refractivity contribution is 0.0979. The highest BCUT2D eigenvalue weighted by atomic mass is 16.5. The average molecular weight is 230 g/mol. The Kier molecular flexibility index (Phi) is 3.23. The molecule has 1 amide bonds. The van der Waals surface area contributed by atoms with E-state index in [1.54, 1.807) is 17.9 Å². The number of hydrogen-bond donors (Lipinski definition) is 0. The van der Waals surface area contributed by atoms with Crippen LogP contribution in [0.4, 0.5) is 5.69 Å². The van der Waals surface area contributed by atoms with Gasteiger partial charge >= 0.3 is 0 Å². The smallest absolute Gasteiger partial charge is 0.280 e. The molecule has 0 aliphatic heterocycles. The van der Waals surface area contributed by atoms with Crippen LogP contribution in [0.2, 0.25) is 0 Å². The van der Waals surface area contributed by atoms with Crippen molar-refractivity contribution in [1.29, 1.82) is 0 Å². The summed E-state index contributed by atoms with van der Waals surface area (Å²) < 4.78 is 4.92. The number of benzene rings is 1.